The summed E-state index contributed by atoms with van der Waals surface area (Å²) in [5.74, 6) is 1.53. The summed E-state index contributed by atoms with van der Waals surface area (Å²) in [4.78, 5) is 26.5. The van der Waals surface area contributed by atoms with Crippen molar-refractivity contribution >= 4 is 11.8 Å². The molecule has 0 radical (unpaired) electrons. The first kappa shape index (κ1) is 13.5. The molecule has 0 aromatic heterocycles. The molecular formula is C12H19N3O2. The zero-order chi connectivity index (χ0) is 12.8. The summed E-state index contributed by atoms with van der Waals surface area (Å²) in [6, 6.07) is 0. The molecule has 1 unspecified atom stereocenters. The molecular weight excluding hydrogens is 218 g/mol. The molecule has 1 N–H and O–H groups in total. The predicted octanol–water partition coefficient (Wildman–Crippen LogP) is -0.854. The van der Waals surface area contributed by atoms with Gasteiger partial charge in [0.1, 0.15) is 0 Å². The average molecular weight is 237 g/mol. The van der Waals surface area contributed by atoms with Crippen LogP contribution < -0.4 is 5.32 Å². The van der Waals surface area contributed by atoms with E-state index in [0.717, 1.165) is 26.2 Å². The molecule has 2 amide bonds. The number of carbonyl (C=O) groups excluding carboxylic acids is 2. The summed E-state index contributed by atoms with van der Waals surface area (Å²) in [5.41, 5.74) is 0. The zero-order valence-electron chi connectivity index (χ0n) is 10.4. The molecule has 1 saturated heterocycles. The van der Waals surface area contributed by atoms with Crippen LogP contribution in [0.15, 0.2) is 0 Å². The molecule has 0 spiro atoms. The molecule has 0 aliphatic carbocycles. The van der Waals surface area contributed by atoms with Gasteiger partial charge >= 0.3 is 0 Å². The van der Waals surface area contributed by atoms with Gasteiger partial charge in [0.2, 0.25) is 5.91 Å². The Labute approximate surface area is 102 Å². The third-order valence-electron chi connectivity index (χ3n) is 2.87. The van der Waals surface area contributed by atoms with Crippen LogP contribution in [0.1, 0.15) is 6.92 Å². The van der Waals surface area contributed by atoms with E-state index in [2.05, 4.69) is 5.32 Å². The van der Waals surface area contributed by atoms with Crippen LogP contribution in [0, 0.1) is 18.3 Å². The van der Waals surface area contributed by atoms with Gasteiger partial charge in [-0.2, -0.15) is 0 Å². The lowest BCUT2D eigenvalue weighted by atomic mass is 10.1. The highest BCUT2D eigenvalue weighted by molar-refractivity contribution is 5.93. The van der Waals surface area contributed by atoms with Crippen molar-refractivity contribution in [3.63, 3.8) is 0 Å². The zero-order valence-corrected chi connectivity index (χ0v) is 10.4. The van der Waals surface area contributed by atoms with Gasteiger partial charge in [-0.25, -0.2) is 0 Å². The number of nitrogens with zero attached hydrogens (tertiary/aromatic N) is 2. The molecule has 1 atom stereocenters. The first-order chi connectivity index (χ1) is 8.06. The Morgan fingerprint density at radius 3 is 2.59 bits per heavy atom. The summed E-state index contributed by atoms with van der Waals surface area (Å²) in [6.45, 7) is 5.32. The van der Waals surface area contributed by atoms with Crippen LogP contribution in [0.4, 0.5) is 0 Å². The van der Waals surface area contributed by atoms with Crippen LogP contribution in [-0.2, 0) is 9.59 Å². The fraction of sp³-hybridized carbons (Fsp3) is 0.667. The molecule has 0 saturated carbocycles. The van der Waals surface area contributed by atoms with Crippen LogP contribution in [0.5, 0.6) is 0 Å². The van der Waals surface area contributed by atoms with Crippen LogP contribution in [0.3, 0.4) is 0 Å². The molecule has 5 nitrogen and oxygen atoms in total. The van der Waals surface area contributed by atoms with Crippen molar-refractivity contribution in [3.8, 4) is 12.3 Å². The first-order valence-corrected chi connectivity index (χ1v) is 5.77. The number of piperazine rings is 1. The molecule has 0 bridgehead atoms. The molecule has 94 valence electrons. The van der Waals surface area contributed by atoms with Crippen molar-refractivity contribution in [2.75, 3.05) is 39.8 Å². The Hall–Kier alpha value is -1.54. The normalized spacial score (nSPS) is 17.1. The largest absolute Gasteiger partial charge is 0.340 e. The molecule has 1 fully saturated rings. The second-order valence-corrected chi connectivity index (χ2v) is 4.31. The minimum absolute atomic E-state index is 0.0863. The first-order valence-electron chi connectivity index (χ1n) is 5.77. The van der Waals surface area contributed by atoms with Gasteiger partial charge in [-0.15, -0.1) is 6.42 Å². The number of rotatable bonds is 3. The van der Waals surface area contributed by atoms with Crippen LogP contribution in [-0.4, -0.2) is 61.4 Å². The molecule has 0 aromatic carbocycles. The van der Waals surface area contributed by atoms with Gasteiger partial charge in [-0.05, 0) is 5.92 Å². The molecule has 0 aromatic rings. The Kier molecular flexibility index (Phi) is 4.98. The lowest BCUT2D eigenvalue weighted by Crippen LogP contribution is -2.49. The van der Waals surface area contributed by atoms with Crippen molar-refractivity contribution in [1.29, 1.82) is 0 Å². The van der Waals surface area contributed by atoms with E-state index in [1.807, 2.05) is 17.7 Å². The van der Waals surface area contributed by atoms with Gasteiger partial charge in [-0.3, -0.25) is 9.59 Å². The van der Waals surface area contributed by atoms with E-state index in [9.17, 15) is 9.59 Å². The van der Waals surface area contributed by atoms with E-state index in [-0.39, 0.29) is 17.7 Å². The maximum absolute atomic E-state index is 12.1. The van der Waals surface area contributed by atoms with E-state index in [1.165, 1.54) is 4.90 Å². The highest BCUT2D eigenvalue weighted by atomic mass is 16.2. The molecule has 1 heterocycles. The van der Waals surface area contributed by atoms with Gasteiger partial charge in [-0.1, -0.05) is 6.92 Å². The molecule has 17 heavy (non-hydrogen) atoms. The second kappa shape index (κ2) is 6.26. The number of amides is 2. The Morgan fingerprint density at radius 2 is 2.06 bits per heavy atom. The molecule has 1 rings (SSSR count). The SMILES string of the molecule is C#CC(=O)N(C)CC(C)C(=O)N1CCNCC1. The van der Waals surface area contributed by atoms with E-state index in [4.69, 9.17) is 6.42 Å². The second-order valence-electron chi connectivity index (χ2n) is 4.31. The number of terminal acetylenes is 1. The van der Waals surface area contributed by atoms with Gasteiger partial charge in [0.05, 0.1) is 5.92 Å². The quantitative estimate of drug-likeness (QED) is 0.650. The smallest absolute Gasteiger partial charge is 0.297 e. The van der Waals surface area contributed by atoms with Gasteiger partial charge in [0, 0.05) is 39.8 Å². The summed E-state index contributed by atoms with van der Waals surface area (Å²) in [6.07, 6.45) is 5.02. The third kappa shape index (κ3) is 3.75. The van der Waals surface area contributed by atoms with Crippen molar-refractivity contribution in [3.05, 3.63) is 0 Å². The van der Waals surface area contributed by atoms with E-state index < -0.39 is 0 Å². The maximum atomic E-state index is 12.1. The van der Waals surface area contributed by atoms with Gasteiger partial charge in [0.15, 0.2) is 0 Å². The lowest BCUT2D eigenvalue weighted by molar-refractivity contribution is -0.137. The number of nitrogens with one attached hydrogen (secondary N) is 1. The minimum atomic E-state index is -0.384. The highest BCUT2D eigenvalue weighted by Crippen LogP contribution is 2.05. The van der Waals surface area contributed by atoms with Crippen molar-refractivity contribution in [2.45, 2.75) is 6.92 Å². The third-order valence-corrected chi connectivity index (χ3v) is 2.87. The summed E-state index contributed by atoms with van der Waals surface area (Å²) < 4.78 is 0. The standard InChI is InChI=1S/C12H19N3O2/c1-4-11(16)14(3)9-10(2)12(17)15-7-5-13-6-8-15/h1,10,13H,5-9H2,2-3H3. The van der Waals surface area contributed by atoms with E-state index in [0.29, 0.717) is 6.54 Å². The Balaban J connectivity index is 2.46. The van der Waals surface area contributed by atoms with E-state index >= 15 is 0 Å². The number of hydrogen-bond donors (Lipinski definition) is 1. The molecule has 1 aliphatic heterocycles. The summed E-state index contributed by atoms with van der Waals surface area (Å²) in [7, 11) is 1.61. The van der Waals surface area contributed by atoms with Crippen LogP contribution in [0.25, 0.3) is 0 Å². The fourth-order valence-corrected chi connectivity index (χ4v) is 1.88. The summed E-state index contributed by atoms with van der Waals surface area (Å²) in [5, 5.41) is 3.19. The van der Waals surface area contributed by atoms with Crippen molar-refractivity contribution in [2.24, 2.45) is 5.92 Å². The molecule has 1 aliphatic rings. The monoisotopic (exact) mass is 237 g/mol. The predicted molar refractivity (Wildman–Crippen MR) is 65.1 cm³/mol. The van der Waals surface area contributed by atoms with Crippen LogP contribution >= 0.6 is 0 Å². The molecule has 5 heteroatoms. The maximum Gasteiger partial charge on any atom is 0.297 e. The Morgan fingerprint density at radius 1 is 1.47 bits per heavy atom. The lowest BCUT2D eigenvalue weighted by Gasteiger charge is -2.30. The minimum Gasteiger partial charge on any atom is -0.340 e. The van der Waals surface area contributed by atoms with Crippen molar-refractivity contribution in [1.82, 2.24) is 15.1 Å². The van der Waals surface area contributed by atoms with Crippen molar-refractivity contribution < 1.29 is 9.59 Å². The van der Waals surface area contributed by atoms with Gasteiger partial charge in [0.25, 0.3) is 5.91 Å². The van der Waals surface area contributed by atoms with Crippen LogP contribution in [0.2, 0.25) is 0 Å². The topological polar surface area (TPSA) is 52.7 Å². The number of carbonyl (C=O) groups is 2. The van der Waals surface area contributed by atoms with Gasteiger partial charge < -0.3 is 15.1 Å². The summed E-state index contributed by atoms with van der Waals surface area (Å²) >= 11 is 0. The number of hydrogen-bond acceptors (Lipinski definition) is 3. The van der Waals surface area contributed by atoms with E-state index in [1.54, 1.807) is 7.05 Å². The highest BCUT2D eigenvalue weighted by Gasteiger charge is 2.23. The average Bonchev–Trinajstić information content (AvgIpc) is 2.37. The Bertz CT molecular complexity index is 329. The fourth-order valence-electron chi connectivity index (χ4n) is 1.88.